The van der Waals surface area contributed by atoms with Gasteiger partial charge in [-0.1, -0.05) is 0 Å². The van der Waals surface area contributed by atoms with Crippen molar-refractivity contribution in [1.29, 1.82) is 5.26 Å². The number of pyridine rings is 2. The number of morpholine rings is 1. The lowest BCUT2D eigenvalue weighted by Crippen LogP contribution is -2.42. The standard InChI is InChI=1S/C24H31N5O4/c1-24(2,3)33-23(30)27-17-4-6-18(7-5-17)32-22-19-12-16(14-25)15-26-20(19)13-21(28-22)29-8-10-31-11-9-29/h12-13,15,17-18H,4-11H2,1-3H3,(H,27,30). The van der Waals surface area contributed by atoms with Gasteiger partial charge in [0.25, 0.3) is 0 Å². The van der Waals surface area contributed by atoms with Crippen LogP contribution in [0.3, 0.4) is 0 Å². The van der Waals surface area contributed by atoms with Gasteiger partial charge in [-0.25, -0.2) is 4.79 Å². The zero-order valence-electron chi connectivity index (χ0n) is 19.5. The Morgan fingerprint density at radius 3 is 2.61 bits per heavy atom. The molecule has 0 bridgehead atoms. The number of aromatic nitrogens is 2. The van der Waals surface area contributed by atoms with Crippen LogP contribution in [0.5, 0.6) is 5.88 Å². The number of fused-ring (bicyclic) bond motifs is 1. The Kier molecular flexibility index (Phi) is 6.84. The molecule has 1 aliphatic carbocycles. The Morgan fingerprint density at radius 2 is 1.94 bits per heavy atom. The molecular formula is C24H31N5O4. The summed E-state index contributed by atoms with van der Waals surface area (Å²) in [6.07, 6.45) is 4.34. The number of hydrogen-bond donors (Lipinski definition) is 1. The molecule has 2 aromatic heterocycles. The molecule has 1 amide bonds. The molecule has 0 radical (unpaired) electrons. The van der Waals surface area contributed by atoms with Gasteiger partial charge in [-0.05, 0) is 52.5 Å². The fourth-order valence-corrected chi connectivity index (χ4v) is 4.14. The number of anilines is 1. The number of carbonyl (C=O) groups excluding carboxylic acids is 1. The molecule has 1 aliphatic heterocycles. The van der Waals surface area contributed by atoms with Gasteiger partial charge in [-0.2, -0.15) is 10.2 Å². The molecule has 0 unspecified atom stereocenters. The van der Waals surface area contributed by atoms with Crippen LogP contribution in [0.2, 0.25) is 0 Å². The monoisotopic (exact) mass is 453 g/mol. The minimum absolute atomic E-state index is 0.0249. The first kappa shape index (κ1) is 23.1. The Bertz CT molecular complexity index is 1030. The molecule has 3 heterocycles. The van der Waals surface area contributed by atoms with Crippen molar-refractivity contribution in [1.82, 2.24) is 15.3 Å². The molecule has 0 spiro atoms. The molecule has 0 atom stereocenters. The molecule has 2 aliphatic rings. The van der Waals surface area contributed by atoms with E-state index in [0.29, 0.717) is 24.7 Å². The normalized spacial score (nSPS) is 21.3. The Labute approximate surface area is 194 Å². The highest BCUT2D eigenvalue weighted by Gasteiger charge is 2.27. The van der Waals surface area contributed by atoms with Gasteiger partial charge in [0.1, 0.15) is 23.6 Å². The van der Waals surface area contributed by atoms with Gasteiger partial charge in [-0.15, -0.1) is 0 Å². The third-order valence-electron chi connectivity index (χ3n) is 5.77. The lowest BCUT2D eigenvalue weighted by molar-refractivity contribution is 0.0470. The van der Waals surface area contributed by atoms with Crippen LogP contribution in [0.15, 0.2) is 18.3 Å². The van der Waals surface area contributed by atoms with Crippen molar-refractivity contribution in [3.05, 3.63) is 23.9 Å². The molecule has 176 valence electrons. The average molecular weight is 454 g/mol. The topological polar surface area (TPSA) is 110 Å². The number of nitrogens with one attached hydrogen (secondary N) is 1. The minimum atomic E-state index is -0.515. The minimum Gasteiger partial charge on any atom is -0.474 e. The van der Waals surface area contributed by atoms with Crippen molar-refractivity contribution in [2.45, 2.75) is 64.2 Å². The van der Waals surface area contributed by atoms with Crippen molar-refractivity contribution in [3.63, 3.8) is 0 Å². The molecule has 2 fully saturated rings. The highest BCUT2D eigenvalue weighted by Crippen LogP contribution is 2.31. The smallest absolute Gasteiger partial charge is 0.407 e. The molecule has 1 saturated carbocycles. The third-order valence-corrected chi connectivity index (χ3v) is 5.77. The zero-order valence-corrected chi connectivity index (χ0v) is 19.5. The summed E-state index contributed by atoms with van der Waals surface area (Å²) in [4.78, 5) is 23.5. The molecule has 9 heteroatoms. The van der Waals surface area contributed by atoms with Gasteiger partial charge in [0.15, 0.2) is 0 Å². The maximum Gasteiger partial charge on any atom is 0.407 e. The fraction of sp³-hybridized carbons (Fsp3) is 0.583. The number of carbonyl (C=O) groups is 1. The first-order chi connectivity index (χ1) is 15.8. The van der Waals surface area contributed by atoms with Gasteiger partial charge in [0.2, 0.25) is 5.88 Å². The summed E-state index contributed by atoms with van der Waals surface area (Å²) >= 11 is 0. The van der Waals surface area contributed by atoms with Crippen LogP contribution in [0, 0.1) is 11.3 Å². The van der Waals surface area contributed by atoms with E-state index < -0.39 is 5.60 Å². The number of rotatable bonds is 4. The average Bonchev–Trinajstić information content (AvgIpc) is 2.79. The van der Waals surface area contributed by atoms with Gasteiger partial charge in [0.05, 0.1) is 29.7 Å². The second kappa shape index (κ2) is 9.79. The third kappa shape index (κ3) is 6.02. The highest BCUT2D eigenvalue weighted by atomic mass is 16.6. The lowest BCUT2D eigenvalue weighted by Gasteiger charge is -2.31. The van der Waals surface area contributed by atoms with Gasteiger partial charge in [-0.3, -0.25) is 4.98 Å². The van der Waals surface area contributed by atoms with E-state index in [1.54, 1.807) is 12.3 Å². The van der Waals surface area contributed by atoms with Crippen LogP contribution >= 0.6 is 0 Å². The Morgan fingerprint density at radius 1 is 1.21 bits per heavy atom. The molecular weight excluding hydrogens is 422 g/mol. The molecule has 1 N–H and O–H groups in total. The van der Waals surface area contributed by atoms with Crippen LogP contribution in [-0.4, -0.2) is 60.1 Å². The van der Waals surface area contributed by atoms with Gasteiger partial charge in [0, 0.05) is 31.4 Å². The van der Waals surface area contributed by atoms with Crippen molar-refractivity contribution >= 4 is 22.8 Å². The zero-order chi connectivity index (χ0) is 23.4. The van der Waals surface area contributed by atoms with Gasteiger partial charge >= 0.3 is 6.09 Å². The van der Waals surface area contributed by atoms with E-state index in [0.717, 1.165) is 55.5 Å². The van der Waals surface area contributed by atoms with E-state index in [1.807, 2.05) is 26.8 Å². The summed E-state index contributed by atoms with van der Waals surface area (Å²) in [5.41, 5.74) is 0.707. The number of alkyl carbamates (subject to hydrolysis) is 1. The molecule has 9 nitrogen and oxygen atoms in total. The van der Waals surface area contributed by atoms with E-state index in [2.05, 4.69) is 21.3 Å². The first-order valence-corrected chi connectivity index (χ1v) is 11.5. The van der Waals surface area contributed by atoms with Crippen molar-refractivity contribution in [2.75, 3.05) is 31.2 Å². The van der Waals surface area contributed by atoms with Crippen molar-refractivity contribution in [3.8, 4) is 11.9 Å². The van der Waals surface area contributed by atoms with Crippen LogP contribution in [-0.2, 0) is 9.47 Å². The largest absolute Gasteiger partial charge is 0.474 e. The molecule has 33 heavy (non-hydrogen) atoms. The lowest BCUT2D eigenvalue weighted by atomic mass is 9.93. The summed E-state index contributed by atoms with van der Waals surface area (Å²) in [5, 5.41) is 13.0. The van der Waals surface area contributed by atoms with Crippen LogP contribution in [0.1, 0.15) is 52.0 Å². The summed E-state index contributed by atoms with van der Waals surface area (Å²) in [6.45, 7) is 8.40. The Hall–Kier alpha value is -3.12. The van der Waals surface area contributed by atoms with Crippen molar-refractivity contribution < 1.29 is 19.0 Å². The van der Waals surface area contributed by atoms with E-state index in [1.165, 1.54) is 0 Å². The predicted molar refractivity (Wildman–Crippen MR) is 123 cm³/mol. The summed E-state index contributed by atoms with van der Waals surface area (Å²) in [7, 11) is 0. The van der Waals surface area contributed by atoms with E-state index >= 15 is 0 Å². The van der Waals surface area contributed by atoms with E-state index in [4.69, 9.17) is 19.2 Å². The molecule has 0 aromatic carbocycles. The van der Waals surface area contributed by atoms with E-state index in [-0.39, 0.29) is 18.2 Å². The molecule has 2 aromatic rings. The van der Waals surface area contributed by atoms with Crippen LogP contribution in [0.25, 0.3) is 10.9 Å². The van der Waals surface area contributed by atoms with Crippen molar-refractivity contribution in [2.24, 2.45) is 0 Å². The quantitative estimate of drug-likeness (QED) is 0.748. The summed E-state index contributed by atoms with van der Waals surface area (Å²) in [5.74, 6) is 1.31. The molecule has 4 rings (SSSR count). The first-order valence-electron chi connectivity index (χ1n) is 11.5. The molecule has 1 saturated heterocycles. The van der Waals surface area contributed by atoms with E-state index in [9.17, 15) is 10.1 Å². The number of nitrogens with zero attached hydrogens (tertiary/aromatic N) is 4. The summed E-state index contributed by atoms with van der Waals surface area (Å²) < 4.78 is 17.2. The van der Waals surface area contributed by atoms with Crippen LogP contribution in [0.4, 0.5) is 10.6 Å². The number of nitriles is 1. The number of amides is 1. The highest BCUT2D eigenvalue weighted by molar-refractivity contribution is 5.86. The maximum atomic E-state index is 12.1. The number of hydrogen-bond acceptors (Lipinski definition) is 8. The fourth-order valence-electron chi connectivity index (χ4n) is 4.14. The maximum absolute atomic E-state index is 12.1. The summed E-state index contributed by atoms with van der Waals surface area (Å²) in [6, 6.07) is 5.93. The SMILES string of the molecule is CC(C)(C)OC(=O)NC1CCC(Oc2nc(N3CCOCC3)cc3ncc(C#N)cc23)CC1. The predicted octanol–water partition coefficient (Wildman–Crippen LogP) is 3.55. The second-order valence-electron chi connectivity index (χ2n) is 9.53. The van der Waals surface area contributed by atoms with Crippen LogP contribution < -0.4 is 15.0 Å². The Balaban J connectivity index is 1.47. The number of ether oxygens (including phenoxy) is 3. The second-order valence-corrected chi connectivity index (χ2v) is 9.53. The van der Waals surface area contributed by atoms with Gasteiger partial charge < -0.3 is 24.4 Å².